The molecule has 2 nitrogen and oxygen atoms in total. The smallest absolute Gasteiger partial charge is 0.174 e. The van der Waals surface area contributed by atoms with Crippen molar-refractivity contribution in [3.8, 4) is 0 Å². The van der Waals surface area contributed by atoms with Crippen molar-refractivity contribution in [2.45, 2.75) is 30.9 Å². The van der Waals surface area contributed by atoms with Crippen LogP contribution in [-0.2, 0) is 4.74 Å². The predicted octanol–water partition coefficient (Wildman–Crippen LogP) is 1.97. The molecule has 1 saturated heterocycles. The lowest BCUT2D eigenvalue weighted by Gasteiger charge is -2.27. The molecule has 0 aromatic heterocycles. The summed E-state index contributed by atoms with van der Waals surface area (Å²) in [6.45, 7) is 2.49. The van der Waals surface area contributed by atoms with Crippen LogP contribution in [0.15, 0.2) is 0 Å². The summed E-state index contributed by atoms with van der Waals surface area (Å²) in [6, 6.07) is 0. The highest BCUT2D eigenvalue weighted by Gasteiger charge is 2.48. The van der Waals surface area contributed by atoms with Crippen LogP contribution in [0.25, 0.3) is 0 Å². The Balaban J connectivity index is 2.66. The van der Waals surface area contributed by atoms with E-state index in [9.17, 15) is 5.11 Å². The minimum atomic E-state index is -0.858. The maximum absolute atomic E-state index is 9.47. The normalized spacial score (nSPS) is 42.0. The third-order valence-corrected chi connectivity index (χ3v) is 3.42. The Morgan fingerprint density at radius 2 is 2.33 bits per heavy atom. The summed E-state index contributed by atoms with van der Waals surface area (Å²) in [7, 11) is 0. The lowest BCUT2D eigenvalue weighted by Crippen LogP contribution is -2.38. The zero-order chi connectivity index (χ0) is 9.19. The summed E-state index contributed by atoms with van der Waals surface area (Å²) >= 11 is 11.9. The highest BCUT2D eigenvalue weighted by Crippen LogP contribution is 2.40. The first kappa shape index (κ1) is 10.6. The Hall–Kier alpha value is 0.500. The molecule has 1 N–H and O–H groups in total. The van der Waals surface area contributed by atoms with E-state index < -0.39 is 11.2 Å². The van der Waals surface area contributed by atoms with Crippen molar-refractivity contribution in [2.24, 2.45) is 5.92 Å². The fraction of sp³-hybridized carbons (Fsp3) is 1.00. The van der Waals surface area contributed by atoms with Gasteiger partial charge in [0.05, 0.1) is 6.61 Å². The fourth-order valence-corrected chi connectivity index (χ4v) is 2.41. The fourth-order valence-electron chi connectivity index (χ4n) is 1.57. The number of aliphatic hydroxyl groups is 1. The standard InChI is InChI=1S/C8H14Cl2O2/c1-2-3-8(10)6(4-9)5-12-7(8)11/h6-7,11H,2-5H2,1H3. The molecular weight excluding hydrogens is 199 g/mol. The molecule has 4 heteroatoms. The molecular formula is C8H14Cl2O2. The molecule has 0 bridgehead atoms. The van der Waals surface area contributed by atoms with Crippen molar-refractivity contribution in [2.75, 3.05) is 12.5 Å². The summed E-state index contributed by atoms with van der Waals surface area (Å²) in [5, 5.41) is 9.47. The summed E-state index contributed by atoms with van der Waals surface area (Å²) in [5.41, 5.74) is 0. The molecule has 0 aliphatic carbocycles. The van der Waals surface area contributed by atoms with Crippen molar-refractivity contribution < 1.29 is 9.84 Å². The molecule has 1 fully saturated rings. The lowest BCUT2D eigenvalue weighted by molar-refractivity contribution is -0.0761. The molecule has 3 unspecified atom stereocenters. The van der Waals surface area contributed by atoms with Gasteiger partial charge in [-0.2, -0.15) is 0 Å². The van der Waals surface area contributed by atoms with Crippen LogP contribution in [0.1, 0.15) is 19.8 Å². The van der Waals surface area contributed by atoms with Gasteiger partial charge in [0.25, 0.3) is 0 Å². The maximum atomic E-state index is 9.47. The summed E-state index contributed by atoms with van der Waals surface area (Å²) in [4.78, 5) is -0.656. The van der Waals surface area contributed by atoms with Gasteiger partial charge in [0, 0.05) is 11.8 Å². The van der Waals surface area contributed by atoms with Gasteiger partial charge < -0.3 is 9.84 Å². The van der Waals surface area contributed by atoms with Crippen molar-refractivity contribution >= 4 is 23.2 Å². The van der Waals surface area contributed by atoms with E-state index in [4.69, 9.17) is 27.9 Å². The molecule has 0 radical (unpaired) electrons. The first-order valence-electron chi connectivity index (χ1n) is 4.19. The van der Waals surface area contributed by atoms with Crippen molar-refractivity contribution in [3.05, 3.63) is 0 Å². The Kier molecular flexibility index (Phi) is 3.65. The second kappa shape index (κ2) is 4.14. The Morgan fingerprint density at radius 3 is 2.83 bits per heavy atom. The number of ether oxygens (including phenoxy) is 1. The minimum Gasteiger partial charge on any atom is -0.366 e. The predicted molar refractivity (Wildman–Crippen MR) is 49.7 cm³/mol. The van der Waals surface area contributed by atoms with Crippen molar-refractivity contribution in [1.29, 1.82) is 0 Å². The van der Waals surface area contributed by atoms with E-state index in [2.05, 4.69) is 0 Å². The molecule has 1 aliphatic rings. The SMILES string of the molecule is CCCC1(Cl)C(CCl)COC1O. The molecule has 72 valence electrons. The molecule has 1 heterocycles. The molecule has 1 rings (SSSR count). The Labute approximate surface area is 82.8 Å². The van der Waals surface area contributed by atoms with E-state index in [0.29, 0.717) is 12.5 Å². The van der Waals surface area contributed by atoms with E-state index in [1.807, 2.05) is 6.92 Å². The number of hydrogen-bond acceptors (Lipinski definition) is 2. The van der Waals surface area contributed by atoms with Crippen LogP contribution in [0.4, 0.5) is 0 Å². The average Bonchev–Trinajstić information content (AvgIpc) is 2.30. The molecule has 0 aromatic carbocycles. The van der Waals surface area contributed by atoms with Crippen LogP contribution < -0.4 is 0 Å². The Morgan fingerprint density at radius 1 is 1.67 bits per heavy atom. The lowest BCUT2D eigenvalue weighted by atomic mass is 9.91. The van der Waals surface area contributed by atoms with Crippen LogP contribution in [0.3, 0.4) is 0 Å². The topological polar surface area (TPSA) is 29.5 Å². The molecule has 3 atom stereocenters. The number of hydrogen-bond donors (Lipinski definition) is 1. The second-order valence-electron chi connectivity index (χ2n) is 3.21. The number of halogens is 2. The van der Waals surface area contributed by atoms with Gasteiger partial charge in [-0.25, -0.2) is 0 Å². The van der Waals surface area contributed by atoms with E-state index >= 15 is 0 Å². The highest BCUT2D eigenvalue weighted by molar-refractivity contribution is 6.26. The van der Waals surface area contributed by atoms with E-state index in [1.165, 1.54) is 0 Å². The zero-order valence-corrected chi connectivity index (χ0v) is 8.61. The molecule has 1 aliphatic heterocycles. The summed E-state index contributed by atoms with van der Waals surface area (Å²) < 4.78 is 5.06. The quantitative estimate of drug-likeness (QED) is 0.726. The van der Waals surface area contributed by atoms with Crippen LogP contribution in [0.5, 0.6) is 0 Å². The number of rotatable bonds is 3. The second-order valence-corrected chi connectivity index (χ2v) is 4.23. The third kappa shape index (κ3) is 1.72. The van der Waals surface area contributed by atoms with Gasteiger partial charge in [0.2, 0.25) is 0 Å². The van der Waals surface area contributed by atoms with Crippen LogP contribution >= 0.6 is 23.2 Å². The van der Waals surface area contributed by atoms with Gasteiger partial charge in [-0.05, 0) is 6.42 Å². The van der Waals surface area contributed by atoms with Crippen molar-refractivity contribution in [1.82, 2.24) is 0 Å². The minimum absolute atomic E-state index is 0.0655. The monoisotopic (exact) mass is 212 g/mol. The van der Waals surface area contributed by atoms with Gasteiger partial charge in [0.15, 0.2) is 6.29 Å². The van der Waals surface area contributed by atoms with E-state index in [1.54, 1.807) is 0 Å². The molecule has 0 amide bonds. The van der Waals surface area contributed by atoms with Crippen LogP contribution in [-0.4, -0.2) is 28.8 Å². The zero-order valence-electron chi connectivity index (χ0n) is 7.09. The van der Waals surface area contributed by atoms with E-state index in [0.717, 1.165) is 12.8 Å². The molecule has 0 aromatic rings. The van der Waals surface area contributed by atoms with Gasteiger partial charge in [-0.3, -0.25) is 0 Å². The van der Waals surface area contributed by atoms with E-state index in [-0.39, 0.29) is 5.92 Å². The van der Waals surface area contributed by atoms with Crippen LogP contribution in [0.2, 0.25) is 0 Å². The van der Waals surface area contributed by atoms with Gasteiger partial charge in [0.1, 0.15) is 4.87 Å². The Bertz CT molecular complexity index is 154. The summed E-state index contributed by atoms with van der Waals surface area (Å²) in [5.74, 6) is 0.511. The first-order chi connectivity index (χ1) is 5.65. The van der Waals surface area contributed by atoms with Crippen molar-refractivity contribution in [3.63, 3.8) is 0 Å². The van der Waals surface area contributed by atoms with Crippen LogP contribution in [0, 0.1) is 5.92 Å². The summed E-state index contributed by atoms with van der Waals surface area (Å²) in [6.07, 6.45) is 0.813. The average molecular weight is 213 g/mol. The molecule has 0 spiro atoms. The first-order valence-corrected chi connectivity index (χ1v) is 5.11. The van der Waals surface area contributed by atoms with Gasteiger partial charge in [-0.15, -0.1) is 23.2 Å². The van der Waals surface area contributed by atoms with Gasteiger partial charge in [-0.1, -0.05) is 13.3 Å². The number of alkyl halides is 2. The number of aliphatic hydroxyl groups excluding tert-OH is 1. The maximum Gasteiger partial charge on any atom is 0.174 e. The highest BCUT2D eigenvalue weighted by atomic mass is 35.5. The van der Waals surface area contributed by atoms with Gasteiger partial charge >= 0.3 is 0 Å². The molecule has 0 saturated carbocycles. The third-order valence-electron chi connectivity index (χ3n) is 2.36. The largest absolute Gasteiger partial charge is 0.366 e. The molecule has 12 heavy (non-hydrogen) atoms.